The van der Waals surface area contributed by atoms with Gasteiger partial charge in [0.15, 0.2) is 0 Å². The number of carboxylic acids is 1. The summed E-state index contributed by atoms with van der Waals surface area (Å²) in [6, 6.07) is -0.265. The summed E-state index contributed by atoms with van der Waals surface area (Å²) in [6.07, 6.45) is 0.840. The number of nitrogens with zero attached hydrogens (tertiary/aromatic N) is 2. The van der Waals surface area contributed by atoms with Crippen LogP contribution in [-0.4, -0.2) is 68.3 Å². The van der Waals surface area contributed by atoms with E-state index in [1.165, 1.54) is 16.7 Å². The van der Waals surface area contributed by atoms with Gasteiger partial charge in [-0.15, -0.1) is 11.8 Å². The van der Waals surface area contributed by atoms with Crippen LogP contribution in [0.4, 0.5) is 0 Å². The summed E-state index contributed by atoms with van der Waals surface area (Å²) in [6.45, 7) is 6.43. The topological polar surface area (TPSA) is 98.2 Å². The van der Waals surface area contributed by atoms with E-state index < -0.39 is 18.0 Å². The van der Waals surface area contributed by atoms with Gasteiger partial charge in [0.1, 0.15) is 5.70 Å². The maximum absolute atomic E-state index is 12.3. The lowest BCUT2D eigenvalue weighted by atomic mass is 9.79. The van der Waals surface area contributed by atoms with Gasteiger partial charge in [-0.2, -0.15) is 0 Å². The zero-order valence-electron chi connectivity index (χ0n) is 14.6. The van der Waals surface area contributed by atoms with Gasteiger partial charge in [0, 0.05) is 36.1 Å². The van der Waals surface area contributed by atoms with Gasteiger partial charge in [0.2, 0.25) is 11.8 Å². The Bertz CT molecular complexity index is 639. The van der Waals surface area contributed by atoms with Gasteiger partial charge in [-0.1, -0.05) is 6.92 Å². The van der Waals surface area contributed by atoms with Gasteiger partial charge in [-0.3, -0.25) is 9.59 Å². The molecule has 4 atom stereocenters. The highest BCUT2D eigenvalue weighted by Crippen LogP contribution is 2.51. The first-order chi connectivity index (χ1) is 11.7. The van der Waals surface area contributed by atoms with Crippen molar-refractivity contribution in [3.05, 3.63) is 10.6 Å². The van der Waals surface area contributed by atoms with E-state index in [1.807, 2.05) is 11.8 Å². The van der Waals surface area contributed by atoms with Crippen molar-refractivity contribution >= 4 is 29.5 Å². The van der Waals surface area contributed by atoms with E-state index in [4.69, 9.17) is 0 Å². The first-order valence-electron chi connectivity index (χ1n) is 8.64. The van der Waals surface area contributed by atoms with E-state index in [1.54, 1.807) is 13.8 Å². The third kappa shape index (κ3) is 2.95. The summed E-state index contributed by atoms with van der Waals surface area (Å²) >= 11 is 1.54. The Balaban J connectivity index is 1.77. The van der Waals surface area contributed by atoms with E-state index in [0.717, 1.165) is 17.7 Å². The van der Waals surface area contributed by atoms with Crippen LogP contribution in [-0.2, 0) is 14.4 Å². The van der Waals surface area contributed by atoms with Crippen LogP contribution < -0.4 is 0 Å². The standard InChI is InChI=1S/C17H24N2O5S/c1-8-13-12(9(2)20)16(22)19(13)14(17(23)24)15(8)25-11-4-6-18(7-5-11)10(3)21/h8-9,11-13,20H,4-7H2,1-3H3,(H,23,24)/t8?,9?,12?,13-/m1/s1. The van der Waals surface area contributed by atoms with Crippen molar-refractivity contribution in [1.29, 1.82) is 0 Å². The molecule has 138 valence electrons. The number of rotatable bonds is 4. The maximum Gasteiger partial charge on any atom is 0.353 e. The lowest BCUT2D eigenvalue weighted by Gasteiger charge is -2.46. The van der Waals surface area contributed by atoms with Crippen molar-refractivity contribution in [2.45, 2.75) is 51.0 Å². The Morgan fingerprint density at radius 3 is 2.36 bits per heavy atom. The number of aliphatic carboxylic acids is 1. The van der Waals surface area contributed by atoms with Gasteiger partial charge < -0.3 is 20.0 Å². The first kappa shape index (κ1) is 18.3. The molecule has 0 aromatic heterocycles. The van der Waals surface area contributed by atoms with Gasteiger partial charge in [-0.05, 0) is 19.8 Å². The number of carboxylic acid groups (broad SMARTS) is 1. The molecular formula is C17H24N2O5S. The Morgan fingerprint density at radius 2 is 1.88 bits per heavy atom. The van der Waals surface area contributed by atoms with E-state index in [9.17, 15) is 24.6 Å². The molecule has 3 aliphatic heterocycles. The molecule has 3 rings (SSSR count). The second-order valence-electron chi connectivity index (χ2n) is 7.10. The van der Waals surface area contributed by atoms with Crippen LogP contribution in [0.5, 0.6) is 0 Å². The molecule has 3 heterocycles. The minimum atomic E-state index is -1.09. The van der Waals surface area contributed by atoms with E-state index in [-0.39, 0.29) is 34.7 Å². The molecule has 0 aromatic rings. The SMILES string of the molecule is CC(=O)N1CCC(SC2=C(C(=O)O)N3C(=O)C(C(C)O)[C@H]3C2C)CC1. The van der Waals surface area contributed by atoms with Crippen molar-refractivity contribution in [1.82, 2.24) is 9.80 Å². The minimum Gasteiger partial charge on any atom is -0.477 e. The molecular weight excluding hydrogens is 344 g/mol. The fourth-order valence-corrected chi connectivity index (χ4v) is 5.60. The predicted molar refractivity (Wildman–Crippen MR) is 92.5 cm³/mol. The molecule has 0 aliphatic carbocycles. The predicted octanol–water partition coefficient (Wildman–Crippen LogP) is 0.884. The number of aliphatic hydroxyl groups is 1. The summed E-state index contributed by atoms with van der Waals surface area (Å²) in [5, 5.41) is 19.7. The van der Waals surface area contributed by atoms with Crippen LogP contribution >= 0.6 is 11.8 Å². The van der Waals surface area contributed by atoms with Crippen molar-refractivity contribution in [3.63, 3.8) is 0 Å². The fourth-order valence-electron chi connectivity index (χ4n) is 4.15. The minimum absolute atomic E-state index is 0.0673. The third-order valence-electron chi connectivity index (χ3n) is 5.49. The molecule has 2 fully saturated rings. The van der Waals surface area contributed by atoms with Crippen molar-refractivity contribution < 1.29 is 24.6 Å². The number of hydrogen-bond donors (Lipinski definition) is 2. The van der Waals surface area contributed by atoms with Crippen molar-refractivity contribution in [2.75, 3.05) is 13.1 Å². The molecule has 0 bridgehead atoms. The molecule has 0 saturated carbocycles. The van der Waals surface area contributed by atoms with Gasteiger partial charge in [-0.25, -0.2) is 4.79 Å². The molecule has 0 radical (unpaired) electrons. The summed E-state index contributed by atoms with van der Waals surface area (Å²) in [5.74, 6) is -1.94. The van der Waals surface area contributed by atoms with E-state index in [0.29, 0.717) is 13.1 Å². The molecule has 7 nitrogen and oxygen atoms in total. The van der Waals surface area contributed by atoms with Crippen LogP contribution in [0.1, 0.15) is 33.6 Å². The average molecular weight is 368 g/mol. The number of hydrogen-bond acceptors (Lipinski definition) is 5. The number of β-lactam (4-membered cyclic amide) rings is 1. The maximum atomic E-state index is 12.3. The second kappa shape index (κ2) is 6.64. The lowest BCUT2D eigenvalue weighted by Crippen LogP contribution is -2.63. The zero-order chi connectivity index (χ0) is 18.5. The molecule has 0 spiro atoms. The molecule has 8 heteroatoms. The number of fused-ring (bicyclic) bond motifs is 1. The van der Waals surface area contributed by atoms with Gasteiger partial charge in [0.25, 0.3) is 0 Å². The van der Waals surface area contributed by atoms with Crippen molar-refractivity contribution in [2.24, 2.45) is 11.8 Å². The number of piperidine rings is 1. The average Bonchev–Trinajstić information content (AvgIpc) is 2.77. The second-order valence-corrected chi connectivity index (χ2v) is 8.44. The zero-order valence-corrected chi connectivity index (χ0v) is 15.5. The van der Waals surface area contributed by atoms with Crippen molar-refractivity contribution in [3.8, 4) is 0 Å². The Labute approximate surface area is 151 Å². The van der Waals surface area contributed by atoms with Crippen LogP contribution in [0.15, 0.2) is 10.6 Å². The quantitative estimate of drug-likeness (QED) is 0.715. The number of carbonyl (C=O) groups excluding carboxylic acids is 2. The monoisotopic (exact) mass is 368 g/mol. The Hall–Kier alpha value is -1.54. The number of thioether (sulfide) groups is 1. The number of amides is 2. The van der Waals surface area contributed by atoms with E-state index >= 15 is 0 Å². The number of likely N-dealkylation sites (tertiary alicyclic amines) is 1. The molecule has 3 unspecified atom stereocenters. The molecule has 0 aromatic carbocycles. The highest BCUT2D eigenvalue weighted by atomic mass is 32.2. The number of aliphatic hydroxyl groups excluding tert-OH is 1. The van der Waals surface area contributed by atoms with Gasteiger partial charge >= 0.3 is 5.97 Å². The van der Waals surface area contributed by atoms with E-state index in [2.05, 4.69) is 0 Å². The summed E-state index contributed by atoms with van der Waals surface area (Å²) in [4.78, 5) is 39.4. The normalized spacial score (nSPS) is 31.0. The molecule has 2 amide bonds. The smallest absolute Gasteiger partial charge is 0.353 e. The van der Waals surface area contributed by atoms with Crippen LogP contribution in [0.2, 0.25) is 0 Å². The Kier molecular flexibility index (Phi) is 4.85. The first-order valence-corrected chi connectivity index (χ1v) is 9.52. The highest BCUT2D eigenvalue weighted by Gasteiger charge is 2.60. The summed E-state index contributed by atoms with van der Waals surface area (Å²) in [7, 11) is 0. The molecule has 3 aliphatic rings. The van der Waals surface area contributed by atoms with Crippen LogP contribution in [0.25, 0.3) is 0 Å². The molecule has 25 heavy (non-hydrogen) atoms. The third-order valence-corrected chi connectivity index (χ3v) is 7.12. The Morgan fingerprint density at radius 1 is 1.28 bits per heavy atom. The fraction of sp³-hybridized carbons (Fsp3) is 0.706. The lowest BCUT2D eigenvalue weighted by molar-refractivity contribution is -0.163. The largest absolute Gasteiger partial charge is 0.477 e. The van der Waals surface area contributed by atoms with Gasteiger partial charge in [0.05, 0.1) is 18.1 Å². The van der Waals surface area contributed by atoms with Crippen LogP contribution in [0, 0.1) is 11.8 Å². The molecule has 2 N–H and O–H groups in total. The highest BCUT2D eigenvalue weighted by molar-refractivity contribution is 8.03. The summed E-state index contributed by atoms with van der Waals surface area (Å²) in [5.41, 5.74) is 0.0818. The molecule has 2 saturated heterocycles. The summed E-state index contributed by atoms with van der Waals surface area (Å²) < 4.78 is 0. The number of carbonyl (C=O) groups is 3. The van der Waals surface area contributed by atoms with Crippen LogP contribution in [0.3, 0.4) is 0 Å².